The Labute approximate surface area is 113 Å². The van der Waals surface area contributed by atoms with Crippen molar-refractivity contribution in [3.05, 3.63) is 28.6 Å². The number of methoxy groups -OCH3 is 1. The van der Waals surface area contributed by atoms with Crippen molar-refractivity contribution in [2.75, 3.05) is 13.7 Å². The van der Waals surface area contributed by atoms with E-state index in [1.807, 2.05) is 6.07 Å². The molecule has 0 radical (unpaired) electrons. The summed E-state index contributed by atoms with van der Waals surface area (Å²) < 4.78 is 11.1. The van der Waals surface area contributed by atoms with E-state index in [1.54, 1.807) is 26.3 Å². The van der Waals surface area contributed by atoms with E-state index in [2.05, 4.69) is 31.1 Å². The molecule has 2 heterocycles. The molecular weight excluding hydrogens is 300 g/mol. The predicted octanol–water partition coefficient (Wildman–Crippen LogP) is 1.71. The molecule has 0 aromatic carbocycles. The fourth-order valence-corrected chi connectivity index (χ4v) is 1.66. The molecular formula is C11H13BrN4O2. The largest absolute Gasteiger partial charge is 0.382 e. The first kappa shape index (κ1) is 13.1. The molecule has 7 heteroatoms. The first-order chi connectivity index (χ1) is 8.53. The summed E-state index contributed by atoms with van der Waals surface area (Å²) in [6.07, 6.45) is 1.66. The fraction of sp³-hybridized carbons (Fsp3) is 0.364. The normalized spacial score (nSPS) is 14.4. The summed E-state index contributed by atoms with van der Waals surface area (Å²) in [5, 5.41) is 3.86. The highest BCUT2D eigenvalue weighted by Crippen LogP contribution is 2.20. The average molecular weight is 313 g/mol. The SMILES string of the molecule is COCC(C)(N)c1noc(-c2ccc(Br)cn2)n1. The van der Waals surface area contributed by atoms with E-state index in [0.29, 0.717) is 24.0 Å². The van der Waals surface area contributed by atoms with Gasteiger partial charge in [0.15, 0.2) is 5.82 Å². The minimum atomic E-state index is -0.786. The monoisotopic (exact) mass is 312 g/mol. The molecule has 0 amide bonds. The van der Waals surface area contributed by atoms with Crippen LogP contribution in [-0.4, -0.2) is 28.8 Å². The lowest BCUT2D eigenvalue weighted by Gasteiger charge is -2.18. The predicted molar refractivity (Wildman–Crippen MR) is 68.6 cm³/mol. The fourth-order valence-electron chi connectivity index (χ4n) is 1.43. The molecule has 0 aliphatic carbocycles. The van der Waals surface area contributed by atoms with Crippen molar-refractivity contribution in [2.24, 2.45) is 5.73 Å². The van der Waals surface area contributed by atoms with Gasteiger partial charge in [-0.2, -0.15) is 4.98 Å². The molecule has 2 N–H and O–H groups in total. The molecule has 0 bridgehead atoms. The average Bonchev–Trinajstić information content (AvgIpc) is 2.80. The maximum atomic E-state index is 6.03. The van der Waals surface area contributed by atoms with Gasteiger partial charge in [-0.25, -0.2) is 4.98 Å². The van der Waals surface area contributed by atoms with E-state index < -0.39 is 5.54 Å². The van der Waals surface area contributed by atoms with Gasteiger partial charge in [-0.3, -0.25) is 0 Å². The van der Waals surface area contributed by atoms with Crippen LogP contribution in [0.1, 0.15) is 12.7 Å². The van der Waals surface area contributed by atoms with Crippen LogP contribution in [0.15, 0.2) is 27.3 Å². The number of nitrogens with two attached hydrogens (primary N) is 1. The Balaban J connectivity index is 2.28. The Morgan fingerprint density at radius 2 is 2.28 bits per heavy atom. The lowest BCUT2D eigenvalue weighted by Crippen LogP contribution is -2.38. The van der Waals surface area contributed by atoms with Crippen LogP contribution in [0.4, 0.5) is 0 Å². The highest BCUT2D eigenvalue weighted by Gasteiger charge is 2.28. The lowest BCUT2D eigenvalue weighted by molar-refractivity contribution is 0.135. The van der Waals surface area contributed by atoms with Gasteiger partial charge in [0.05, 0.1) is 6.61 Å². The molecule has 2 aromatic heterocycles. The number of pyridine rings is 1. The maximum Gasteiger partial charge on any atom is 0.276 e. The molecule has 1 unspecified atom stereocenters. The van der Waals surface area contributed by atoms with Crippen molar-refractivity contribution >= 4 is 15.9 Å². The van der Waals surface area contributed by atoms with Crippen molar-refractivity contribution in [3.63, 3.8) is 0 Å². The quantitative estimate of drug-likeness (QED) is 0.924. The number of aromatic nitrogens is 3. The molecule has 0 spiro atoms. The Morgan fingerprint density at radius 3 is 2.89 bits per heavy atom. The minimum Gasteiger partial charge on any atom is -0.382 e. The molecule has 96 valence electrons. The molecule has 18 heavy (non-hydrogen) atoms. The standard InChI is InChI=1S/C11H13BrN4O2/c1-11(13,6-17-2)10-15-9(18-16-10)8-4-3-7(12)5-14-8/h3-5H,6,13H2,1-2H3. The van der Waals surface area contributed by atoms with Gasteiger partial charge in [0.2, 0.25) is 0 Å². The van der Waals surface area contributed by atoms with Gasteiger partial charge in [-0.05, 0) is 35.0 Å². The third-order valence-corrected chi connectivity index (χ3v) is 2.80. The van der Waals surface area contributed by atoms with Gasteiger partial charge in [-0.15, -0.1) is 0 Å². The van der Waals surface area contributed by atoms with E-state index in [1.165, 1.54) is 0 Å². The molecule has 2 rings (SSSR count). The lowest BCUT2D eigenvalue weighted by atomic mass is 10.1. The van der Waals surface area contributed by atoms with E-state index in [0.717, 1.165) is 4.47 Å². The first-order valence-electron chi connectivity index (χ1n) is 5.27. The zero-order valence-electron chi connectivity index (χ0n) is 10.1. The van der Waals surface area contributed by atoms with Crippen LogP contribution in [0.25, 0.3) is 11.6 Å². The summed E-state index contributed by atoms with van der Waals surface area (Å²) in [4.78, 5) is 8.41. The van der Waals surface area contributed by atoms with Gasteiger partial charge >= 0.3 is 0 Å². The third kappa shape index (κ3) is 2.74. The third-order valence-electron chi connectivity index (χ3n) is 2.33. The van der Waals surface area contributed by atoms with Gasteiger partial charge in [0.25, 0.3) is 5.89 Å². The second-order valence-corrected chi connectivity index (χ2v) is 5.05. The summed E-state index contributed by atoms with van der Waals surface area (Å²) in [6.45, 7) is 2.08. The smallest absolute Gasteiger partial charge is 0.276 e. The second-order valence-electron chi connectivity index (χ2n) is 4.14. The van der Waals surface area contributed by atoms with Gasteiger partial charge in [-0.1, -0.05) is 5.16 Å². The van der Waals surface area contributed by atoms with Crippen molar-refractivity contribution in [1.82, 2.24) is 15.1 Å². The number of rotatable bonds is 4. The second kappa shape index (κ2) is 5.13. The molecule has 2 aromatic rings. The molecule has 6 nitrogen and oxygen atoms in total. The summed E-state index contributed by atoms with van der Waals surface area (Å²) in [5.74, 6) is 0.731. The Kier molecular flexibility index (Phi) is 3.74. The van der Waals surface area contributed by atoms with Crippen molar-refractivity contribution in [2.45, 2.75) is 12.5 Å². The van der Waals surface area contributed by atoms with Crippen molar-refractivity contribution in [1.29, 1.82) is 0 Å². The Morgan fingerprint density at radius 1 is 1.50 bits per heavy atom. The van der Waals surface area contributed by atoms with Crippen LogP contribution in [0.3, 0.4) is 0 Å². The number of nitrogens with zero attached hydrogens (tertiary/aromatic N) is 3. The number of hydrogen-bond donors (Lipinski definition) is 1. The summed E-state index contributed by atoms with van der Waals surface area (Å²) in [7, 11) is 1.57. The zero-order chi connectivity index (χ0) is 13.2. The van der Waals surface area contributed by atoms with Crippen LogP contribution in [0.5, 0.6) is 0 Å². The number of halogens is 1. The Hall–Kier alpha value is -1.31. The van der Waals surface area contributed by atoms with Crippen LogP contribution in [-0.2, 0) is 10.3 Å². The van der Waals surface area contributed by atoms with Crippen LogP contribution in [0.2, 0.25) is 0 Å². The minimum absolute atomic E-state index is 0.305. The first-order valence-corrected chi connectivity index (χ1v) is 6.06. The number of ether oxygens (including phenoxy) is 1. The molecule has 1 atom stereocenters. The van der Waals surface area contributed by atoms with Gasteiger partial charge in [0, 0.05) is 17.8 Å². The van der Waals surface area contributed by atoms with Gasteiger partial charge < -0.3 is 15.0 Å². The summed E-state index contributed by atoms with van der Waals surface area (Å²) in [5.41, 5.74) is 5.84. The van der Waals surface area contributed by atoms with Gasteiger partial charge in [0.1, 0.15) is 11.2 Å². The van der Waals surface area contributed by atoms with E-state index in [9.17, 15) is 0 Å². The van der Waals surface area contributed by atoms with Crippen LogP contribution < -0.4 is 5.73 Å². The van der Waals surface area contributed by atoms with E-state index in [-0.39, 0.29) is 0 Å². The molecule has 0 aliphatic heterocycles. The molecule has 0 fully saturated rings. The van der Waals surface area contributed by atoms with Crippen LogP contribution >= 0.6 is 15.9 Å². The van der Waals surface area contributed by atoms with E-state index in [4.69, 9.17) is 15.0 Å². The zero-order valence-corrected chi connectivity index (χ0v) is 11.6. The maximum absolute atomic E-state index is 6.03. The summed E-state index contributed by atoms with van der Waals surface area (Å²) in [6, 6.07) is 3.63. The summed E-state index contributed by atoms with van der Waals surface area (Å²) >= 11 is 3.31. The topological polar surface area (TPSA) is 87.1 Å². The highest BCUT2D eigenvalue weighted by molar-refractivity contribution is 9.10. The number of hydrogen-bond acceptors (Lipinski definition) is 6. The Bertz CT molecular complexity index is 524. The molecule has 0 aliphatic rings. The molecule has 0 saturated heterocycles. The van der Waals surface area contributed by atoms with Crippen LogP contribution in [0, 0.1) is 0 Å². The van der Waals surface area contributed by atoms with E-state index >= 15 is 0 Å². The van der Waals surface area contributed by atoms with Crippen molar-refractivity contribution in [3.8, 4) is 11.6 Å². The van der Waals surface area contributed by atoms with Crippen molar-refractivity contribution < 1.29 is 9.26 Å². The molecule has 0 saturated carbocycles. The highest BCUT2D eigenvalue weighted by atomic mass is 79.9.